The van der Waals surface area contributed by atoms with Crippen molar-refractivity contribution < 1.29 is 12.9 Å². The molecule has 0 saturated carbocycles. The number of rotatable bonds is 5. The molecule has 0 spiro atoms. The van der Waals surface area contributed by atoms with E-state index in [2.05, 4.69) is 14.9 Å². The highest BCUT2D eigenvalue weighted by Crippen LogP contribution is 2.29. The van der Waals surface area contributed by atoms with E-state index in [0.29, 0.717) is 5.76 Å². The summed E-state index contributed by atoms with van der Waals surface area (Å²) in [6, 6.07) is 9.28. The van der Waals surface area contributed by atoms with Gasteiger partial charge in [0.1, 0.15) is 5.69 Å². The van der Waals surface area contributed by atoms with E-state index in [1.807, 2.05) is 44.2 Å². The van der Waals surface area contributed by atoms with Gasteiger partial charge in [-0.25, -0.2) is 4.98 Å². The van der Waals surface area contributed by atoms with Gasteiger partial charge >= 0.3 is 0 Å². The molecule has 0 saturated heterocycles. The summed E-state index contributed by atoms with van der Waals surface area (Å²) in [6.45, 7) is 3.89. The van der Waals surface area contributed by atoms with Crippen LogP contribution in [0, 0.1) is 0 Å². The maximum atomic E-state index is 12.5. The number of anilines is 1. The Morgan fingerprint density at radius 1 is 1.22 bits per heavy atom. The topological polar surface area (TPSA) is 90.0 Å². The summed E-state index contributed by atoms with van der Waals surface area (Å²) in [5, 5.41) is 3.63. The van der Waals surface area contributed by atoms with Gasteiger partial charge in [0, 0.05) is 17.8 Å². The van der Waals surface area contributed by atoms with Crippen LogP contribution >= 0.6 is 0 Å². The average Bonchev–Trinajstić information content (AvgIpc) is 3.17. The predicted molar refractivity (Wildman–Crippen MR) is 85.4 cm³/mol. The van der Waals surface area contributed by atoms with Crippen LogP contribution in [0.4, 0.5) is 5.69 Å². The molecule has 3 rings (SSSR count). The minimum absolute atomic E-state index is 0.0496. The van der Waals surface area contributed by atoms with E-state index in [9.17, 15) is 8.42 Å². The van der Waals surface area contributed by atoms with Gasteiger partial charge in [-0.2, -0.15) is 8.42 Å². The lowest BCUT2D eigenvalue weighted by Gasteiger charge is -2.06. The van der Waals surface area contributed by atoms with E-state index in [-0.39, 0.29) is 16.8 Å². The predicted octanol–water partition coefficient (Wildman–Crippen LogP) is 2.92. The molecule has 7 nitrogen and oxygen atoms in total. The van der Waals surface area contributed by atoms with Crippen LogP contribution < -0.4 is 4.72 Å². The summed E-state index contributed by atoms with van der Waals surface area (Å²) in [4.78, 5) is 3.95. The Balaban J connectivity index is 1.91. The van der Waals surface area contributed by atoms with E-state index in [1.54, 1.807) is 4.57 Å². The van der Waals surface area contributed by atoms with Crippen LogP contribution in [-0.4, -0.2) is 23.1 Å². The maximum Gasteiger partial charge on any atom is 0.281 e. The Kier molecular flexibility index (Phi) is 3.91. The molecular weight excluding hydrogens is 316 g/mol. The number of nitrogens with zero attached hydrogens (tertiary/aromatic N) is 3. The molecule has 0 fully saturated rings. The van der Waals surface area contributed by atoms with Gasteiger partial charge in [-0.3, -0.25) is 4.72 Å². The molecule has 0 aliphatic carbocycles. The fourth-order valence-electron chi connectivity index (χ4n) is 2.05. The summed E-state index contributed by atoms with van der Waals surface area (Å²) in [5.74, 6) is 0.359. The molecule has 0 bridgehead atoms. The first-order valence-corrected chi connectivity index (χ1v) is 8.52. The first kappa shape index (κ1) is 15.3. The number of sulfonamides is 1. The number of hydrogen-bond donors (Lipinski definition) is 1. The molecule has 0 amide bonds. The van der Waals surface area contributed by atoms with Crippen LogP contribution in [0.2, 0.25) is 0 Å². The summed E-state index contributed by atoms with van der Waals surface area (Å²) >= 11 is 0. The normalized spacial score (nSPS) is 11.8. The fourth-order valence-corrected chi connectivity index (χ4v) is 3.03. The third-order valence-corrected chi connectivity index (χ3v) is 4.55. The van der Waals surface area contributed by atoms with E-state index in [4.69, 9.17) is 4.52 Å². The van der Waals surface area contributed by atoms with Crippen molar-refractivity contribution in [2.45, 2.75) is 24.9 Å². The molecular formula is C15H16N4O3S. The van der Waals surface area contributed by atoms with E-state index in [1.165, 1.54) is 18.7 Å². The number of aromatic nitrogens is 3. The van der Waals surface area contributed by atoms with Gasteiger partial charge in [0.2, 0.25) is 0 Å². The van der Waals surface area contributed by atoms with Crippen LogP contribution in [0.1, 0.15) is 19.9 Å². The smallest absolute Gasteiger partial charge is 0.281 e. The molecule has 0 aliphatic heterocycles. The summed E-state index contributed by atoms with van der Waals surface area (Å²) in [7, 11) is -3.81. The summed E-state index contributed by atoms with van der Waals surface area (Å²) in [5.41, 5.74) is 1.01. The van der Waals surface area contributed by atoms with E-state index in [0.717, 1.165) is 5.56 Å². The van der Waals surface area contributed by atoms with Crippen molar-refractivity contribution >= 4 is 15.7 Å². The van der Waals surface area contributed by atoms with Crippen molar-refractivity contribution in [3.63, 3.8) is 0 Å². The van der Waals surface area contributed by atoms with Gasteiger partial charge in [0.05, 0.1) is 12.5 Å². The Morgan fingerprint density at radius 3 is 2.61 bits per heavy atom. The van der Waals surface area contributed by atoms with Crippen LogP contribution in [0.25, 0.3) is 11.3 Å². The molecule has 120 valence electrons. The second-order valence-electron chi connectivity index (χ2n) is 5.29. The Labute approximate surface area is 134 Å². The zero-order valence-corrected chi connectivity index (χ0v) is 13.5. The van der Waals surface area contributed by atoms with Gasteiger partial charge in [0.25, 0.3) is 10.0 Å². The molecule has 0 unspecified atom stereocenters. The highest BCUT2D eigenvalue weighted by molar-refractivity contribution is 7.92. The van der Waals surface area contributed by atoms with E-state index < -0.39 is 10.0 Å². The Hall–Kier alpha value is -2.61. The Morgan fingerprint density at radius 2 is 1.96 bits per heavy atom. The largest absolute Gasteiger partial charge is 0.354 e. The highest BCUT2D eigenvalue weighted by Gasteiger charge is 2.22. The van der Waals surface area contributed by atoms with Crippen molar-refractivity contribution in [2.75, 3.05) is 4.72 Å². The van der Waals surface area contributed by atoms with Gasteiger partial charge < -0.3 is 9.09 Å². The zero-order chi connectivity index (χ0) is 16.4. The number of benzene rings is 1. The molecule has 8 heteroatoms. The number of hydrogen-bond acceptors (Lipinski definition) is 5. The van der Waals surface area contributed by atoms with Crippen molar-refractivity contribution in [3.8, 4) is 11.3 Å². The molecule has 0 atom stereocenters. The lowest BCUT2D eigenvalue weighted by molar-refractivity contribution is 0.432. The quantitative estimate of drug-likeness (QED) is 0.776. The van der Waals surface area contributed by atoms with Crippen LogP contribution in [0.15, 0.2) is 58.6 Å². The summed E-state index contributed by atoms with van der Waals surface area (Å²) in [6.07, 6.45) is 4.31. The monoisotopic (exact) mass is 332 g/mol. The van der Waals surface area contributed by atoms with Crippen molar-refractivity contribution in [2.24, 2.45) is 0 Å². The lowest BCUT2D eigenvalue weighted by Crippen LogP contribution is -2.13. The Bertz CT molecular complexity index is 898. The summed E-state index contributed by atoms with van der Waals surface area (Å²) < 4.78 is 34.3. The number of nitrogens with one attached hydrogen (secondary N) is 1. The molecule has 2 heterocycles. The van der Waals surface area contributed by atoms with Crippen molar-refractivity contribution in [3.05, 3.63) is 49.1 Å². The SMILES string of the molecule is CC(C)n1cnc(S(=O)(=O)Nc2cnoc2-c2ccccc2)c1. The molecule has 3 aromatic rings. The van der Waals surface area contributed by atoms with Gasteiger partial charge in [0.15, 0.2) is 10.8 Å². The number of imidazole rings is 1. The fraction of sp³-hybridized carbons (Fsp3) is 0.200. The van der Waals surface area contributed by atoms with E-state index >= 15 is 0 Å². The molecule has 0 radical (unpaired) electrons. The third-order valence-electron chi connectivity index (χ3n) is 3.30. The standard InChI is InChI=1S/C15H16N4O3S/c1-11(2)19-9-14(16-10-19)23(20,21)18-13-8-17-22-15(13)12-6-4-3-5-7-12/h3-11,18H,1-2H3. The molecule has 2 aromatic heterocycles. The first-order valence-electron chi connectivity index (χ1n) is 7.04. The van der Waals surface area contributed by atoms with Gasteiger partial charge in [-0.05, 0) is 13.8 Å². The van der Waals surface area contributed by atoms with Crippen LogP contribution in [-0.2, 0) is 10.0 Å². The highest BCUT2D eigenvalue weighted by atomic mass is 32.2. The minimum atomic E-state index is -3.81. The zero-order valence-electron chi connectivity index (χ0n) is 12.7. The molecule has 23 heavy (non-hydrogen) atoms. The van der Waals surface area contributed by atoms with Gasteiger partial charge in [-0.15, -0.1) is 0 Å². The van der Waals surface area contributed by atoms with Gasteiger partial charge in [-0.1, -0.05) is 35.5 Å². The maximum absolute atomic E-state index is 12.5. The average molecular weight is 332 g/mol. The molecule has 1 N–H and O–H groups in total. The minimum Gasteiger partial charge on any atom is -0.354 e. The van der Waals surface area contributed by atoms with Crippen LogP contribution in [0.5, 0.6) is 0 Å². The van der Waals surface area contributed by atoms with Crippen LogP contribution in [0.3, 0.4) is 0 Å². The second-order valence-corrected chi connectivity index (χ2v) is 6.92. The molecule has 0 aliphatic rings. The van der Waals surface area contributed by atoms with Crippen molar-refractivity contribution in [1.82, 2.24) is 14.7 Å². The second kappa shape index (κ2) is 5.88. The third kappa shape index (κ3) is 3.11. The lowest BCUT2D eigenvalue weighted by atomic mass is 10.1. The molecule has 1 aromatic carbocycles. The van der Waals surface area contributed by atoms with Crippen molar-refractivity contribution in [1.29, 1.82) is 0 Å². The first-order chi connectivity index (χ1) is 11.0.